The summed E-state index contributed by atoms with van der Waals surface area (Å²) in [5.41, 5.74) is 0.250. The van der Waals surface area contributed by atoms with E-state index in [0.717, 1.165) is 22.2 Å². The predicted molar refractivity (Wildman–Crippen MR) is 135 cm³/mol. The lowest BCUT2D eigenvalue weighted by Gasteiger charge is -2.08. The molecule has 4 aromatic rings. The van der Waals surface area contributed by atoms with Crippen LogP contribution in [0.1, 0.15) is 31.2 Å². The number of thiophene rings is 1. The van der Waals surface area contributed by atoms with E-state index >= 15 is 0 Å². The number of hydrogen-bond donors (Lipinski definition) is 2. The molecular formula is C24H21N3O7S2. The number of nitrogens with zero attached hydrogens (tertiary/aromatic N) is 2. The van der Waals surface area contributed by atoms with Crippen molar-refractivity contribution in [2.24, 2.45) is 7.05 Å². The Balaban J connectivity index is 1.58. The van der Waals surface area contributed by atoms with Crippen LogP contribution in [0.3, 0.4) is 0 Å². The number of amides is 1. The number of rotatable bonds is 7. The summed E-state index contributed by atoms with van der Waals surface area (Å²) in [5, 5.41) is 12.0. The van der Waals surface area contributed by atoms with Gasteiger partial charge in [-0.2, -0.15) is 0 Å². The van der Waals surface area contributed by atoms with E-state index < -0.39 is 33.0 Å². The minimum atomic E-state index is -3.32. The molecule has 1 amide bonds. The Kier molecular flexibility index (Phi) is 6.65. The number of benzene rings is 2. The molecule has 0 aliphatic heterocycles. The van der Waals surface area contributed by atoms with Crippen LogP contribution in [0.5, 0.6) is 0 Å². The van der Waals surface area contributed by atoms with Gasteiger partial charge in [-0.3, -0.25) is 18.7 Å². The van der Waals surface area contributed by atoms with Crippen molar-refractivity contribution >= 4 is 43.3 Å². The molecule has 0 saturated carbocycles. The number of carbonyl (C=O) groups is 2. The second-order valence-corrected chi connectivity index (χ2v) is 11.2. The van der Waals surface area contributed by atoms with E-state index in [2.05, 4.69) is 5.32 Å². The average molecular weight is 528 g/mol. The minimum absolute atomic E-state index is 0.0534. The number of aromatic carboxylic acids is 1. The summed E-state index contributed by atoms with van der Waals surface area (Å²) in [6.07, 6.45) is 1.11. The maximum atomic E-state index is 13.1. The van der Waals surface area contributed by atoms with Gasteiger partial charge in [-0.15, -0.1) is 11.3 Å². The highest BCUT2D eigenvalue weighted by Gasteiger charge is 2.18. The van der Waals surface area contributed by atoms with Crippen LogP contribution < -0.4 is 16.6 Å². The molecule has 2 heterocycles. The van der Waals surface area contributed by atoms with Gasteiger partial charge in [0.1, 0.15) is 4.83 Å². The first kappa shape index (κ1) is 25.1. The number of nitrogens with one attached hydrogen (secondary N) is 1. The van der Waals surface area contributed by atoms with E-state index in [9.17, 15) is 27.6 Å². The molecule has 0 radical (unpaired) electrons. The third-order valence-electron chi connectivity index (χ3n) is 5.58. The standard InChI is InChI=1S/C24H21N3O7S2/c1-26-22-18(21(29)27(24(26)32)13-15-3-7-16(8-4-15)23(30)31)11-19(35-22)20(28)25-12-14-5-9-17(10-6-14)36(2,33)34/h3-11H,12-13H2,1-2H3,(H,25,28)(H,30,31). The molecule has 2 N–H and O–H groups in total. The van der Waals surface area contributed by atoms with E-state index in [4.69, 9.17) is 5.11 Å². The van der Waals surface area contributed by atoms with Gasteiger partial charge in [0, 0.05) is 19.8 Å². The van der Waals surface area contributed by atoms with Crippen molar-refractivity contribution in [1.82, 2.24) is 14.5 Å². The number of aryl methyl sites for hydroxylation is 1. The first-order valence-electron chi connectivity index (χ1n) is 10.6. The molecule has 10 nitrogen and oxygen atoms in total. The maximum Gasteiger partial charge on any atom is 0.335 e. The van der Waals surface area contributed by atoms with E-state index in [1.165, 1.54) is 54.1 Å². The lowest BCUT2D eigenvalue weighted by molar-refractivity contribution is 0.0696. The molecule has 12 heteroatoms. The monoisotopic (exact) mass is 527 g/mol. The molecule has 2 aromatic carbocycles. The summed E-state index contributed by atoms with van der Waals surface area (Å²) in [7, 11) is -1.81. The Morgan fingerprint density at radius 2 is 1.61 bits per heavy atom. The van der Waals surface area contributed by atoms with Crippen molar-refractivity contribution in [3.8, 4) is 0 Å². The molecular weight excluding hydrogens is 506 g/mol. The molecule has 186 valence electrons. The van der Waals surface area contributed by atoms with Gasteiger partial charge >= 0.3 is 11.7 Å². The van der Waals surface area contributed by atoms with Crippen LogP contribution in [-0.2, 0) is 30.0 Å². The molecule has 0 atom stereocenters. The zero-order chi connectivity index (χ0) is 26.2. The Labute approximate surface area is 209 Å². The fourth-order valence-corrected chi connectivity index (χ4v) is 5.25. The smallest absolute Gasteiger partial charge is 0.335 e. The van der Waals surface area contributed by atoms with Crippen LogP contribution in [0.2, 0.25) is 0 Å². The first-order valence-corrected chi connectivity index (χ1v) is 13.3. The van der Waals surface area contributed by atoms with Crippen LogP contribution >= 0.6 is 11.3 Å². The SMILES string of the molecule is Cn1c(=O)n(Cc2ccc(C(=O)O)cc2)c(=O)c2cc(C(=O)NCc3ccc(S(C)(=O)=O)cc3)sc21. The zero-order valence-electron chi connectivity index (χ0n) is 19.2. The quantitative estimate of drug-likeness (QED) is 0.373. The van der Waals surface area contributed by atoms with Crippen molar-refractivity contribution in [1.29, 1.82) is 0 Å². The van der Waals surface area contributed by atoms with E-state index in [-0.39, 0.29) is 33.8 Å². The van der Waals surface area contributed by atoms with Gasteiger partial charge in [-0.25, -0.2) is 18.0 Å². The Hall–Kier alpha value is -4.03. The fraction of sp³-hybridized carbons (Fsp3) is 0.167. The van der Waals surface area contributed by atoms with E-state index in [0.29, 0.717) is 16.0 Å². The lowest BCUT2D eigenvalue weighted by atomic mass is 10.1. The van der Waals surface area contributed by atoms with Gasteiger partial charge in [0.25, 0.3) is 11.5 Å². The van der Waals surface area contributed by atoms with Crippen molar-refractivity contribution in [2.45, 2.75) is 18.0 Å². The minimum Gasteiger partial charge on any atom is -0.478 e. The summed E-state index contributed by atoms with van der Waals surface area (Å²) >= 11 is 1.01. The van der Waals surface area contributed by atoms with Gasteiger partial charge < -0.3 is 10.4 Å². The highest BCUT2D eigenvalue weighted by atomic mass is 32.2. The van der Waals surface area contributed by atoms with Crippen molar-refractivity contribution < 1.29 is 23.1 Å². The molecule has 0 unspecified atom stereocenters. The van der Waals surface area contributed by atoms with Gasteiger partial charge in [0.05, 0.1) is 27.3 Å². The van der Waals surface area contributed by atoms with Crippen LogP contribution in [0.15, 0.2) is 69.1 Å². The van der Waals surface area contributed by atoms with Crippen LogP contribution in [-0.4, -0.2) is 40.8 Å². The number of carbonyl (C=O) groups excluding carboxylic acids is 1. The van der Waals surface area contributed by atoms with Gasteiger partial charge in [0.2, 0.25) is 0 Å². The number of sulfone groups is 1. The van der Waals surface area contributed by atoms with E-state index in [1.807, 2.05) is 0 Å². The summed E-state index contributed by atoms with van der Waals surface area (Å²) in [4.78, 5) is 50.5. The molecule has 0 saturated heterocycles. The highest BCUT2D eigenvalue weighted by Crippen LogP contribution is 2.22. The number of carboxylic acid groups (broad SMARTS) is 1. The van der Waals surface area contributed by atoms with Crippen molar-refractivity contribution in [3.05, 3.63) is 97.0 Å². The predicted octanol–water partition coefficient (Wildman–Crippen LogP) is 1.84. The average Bonchev–Trinajstić information content (AvgIpc) is 3.30. The Morgan fingerprint density at radius 1 is 1.00 bits per heavy atom. The highest BCUT2D eigenvalue weighted by molar-refractivity contribution is 7.90. The Bertz CT molecular complexity index is 1710. The Morgan fingerprint density at radius 3 is 2.19 bits per heavy atom. The lowest BCUT2D eigenvalue weighted by Crippen LogP contribution is -2.38. The molecule has 2 aromatic heterocycles. The summed E-state index contributed by atoms with van der Waals surface area (Å²) < 4.78 is 25.5. The number of carboxylic acids is 1. The van der Waals surface area contributed by atoms with E-state index in [1.54, 1.807) is 12.1 Å². The molecule has 0 fully saturated rings. The number of fused-ring (bicyclic) bond motifs is 1. The molecule has 0 spiro atoms. The molecule has 0 bridgehead atoms. The summed E-state index contributed by atoms with van der Waals surface area (Å²) in [6, 6.07) is 13.4. The van der Waals surface area contributed by atoms with Crippen molar-refractivity contribution in [3.63, 3.8) is 0 Å². The molecule has 0 aliphatic rings. The van der Waals surface area contributed by atoms with Gasteiger partial charge in [0.15, 0.2) is 9.84 Å². The topological polar surface area (TPSA) is 145 Å². The molecule has 0 aliphatic carbocycles. The largest absolute Gasteiger partial charge is 0.478 e. The molecule has 4 rings (SSSR count). The van der Waals surface area contributed by atoms with Crippen LogP contribution in [0.25, 0.3) is 10.2 Å². The summed E-state index contributed by atoms with van der Waals surface area (Å²) in [6.45, 7) is 0.0921. The normalized spacial score (nSPS) is 11.5. The first-order chi connectivity index (χ1) is 17.0. The van der Waals surface area contributed by atoms with Crippen LogP contribution in [0, 0.1) is 0 Å². The number of hydrogen-bond acceptors (Lipinski definition) is 7. The molecule has 36 heavy (non-hydrogen) atoms. The summed E-state index contributed by atoms with van der Waals surface area (Å²) in [5.74, 6) is -1.52. The third kappa shape index (κ3) is 4.99. The van der Waals surface area contributed by atoms with Gasteiger partial charge in [-0.1, -0.05) is 24.3 Å². The second kappa shape index (κ2) is 9.55. The van der Waals surface area contributed by atoms with Crippen molar-refractivity contribution in [2.75, 3.05) is 6.26 Å². The van der Waals surface area contributed by atoms with Gasteiger partial charge in [-0.05, 0) is 41.5 Å². The second-order valence-electron chi connectivity index (χ2n) is 8.16. The maximum absolute atomic E-state index is 13.1. The van der Waals surface area contributed by atoms with Crippen LogP contribution in [0.4, 0.5) is 0 Å². The third-order valence-corrected chi connectivity index (χ3v) is 7.92. The zero-order valence-corrected chi connectivity index (χ0v) is 20.9. The number of aromatic nitrogens is 2. The fourth-order valence-electron chi connectivity index (χ4n) is 3.59.